The van der Waals surface area contributed by atoms with E-state index < -0.39 is 11.6 Å². The molecular weight excluding hydrogens is 394 g/mol. The van der Waals surface area contributed by atoms with Crippen LogP contribution in [0.1, 0.15) is 92.9 Å². The molecule has 2 aliphatic rings. The third-order valence-electron chi connectivity index (χ3n) is 7.34. The topological polar surface area (TPSA) is 18.5 Å². The standard InChI is InChI=1S/C27H34F2O2/c1-3-4-18-5-7-19(8-6-18)20-9-11-21(12-10-20)24-15-13-22(17-31-24)23-14-16-25(30-2)27(29)26(23)28/h9-12,14,16,18-19,22,24H,3-8,13,15,17H2,1-2H3. The average molecular weight is 429 g/mol. The summed E-state index contributed by atoms with van der Waals surface area (Å²) in [5.74, 6) is -0.310. The summed E-state index contributed by atoms with van der Waals surface area (Å²) in [6.07, 6.45) is 9.59. The fourth-order valence-corrected chi connectivity index (χ4v) is 5.45. The van der Waals surface area contributed by atoms with Gasteiger partial charge in [-0.25, -0.2) is 4.39 Å². The predicted molar refractivity (Wildman–Crippen MR) is 120 cm³/mol. The summed E-state index contributed by atoms with van der Waals surface area (Å²) in [7, 11) is 1.34. The van der Waals surface area contributed by atoms with Crippen molar-refractivity contribution >= 4 is 0 Å². The highest BCUT2D eigenvalue weighted by Crippen LogP contribution is 2.40. The zero-order valence-electron chi connectivity index (χ0n) is 18.7. The molecule has 2 atom stereocenters. The molecule has 0 bridgehead atoms. The van der Waals surface area contributed by atoms with Crippen LogP contribution in [0.15, 0.2) is 36.4 Å². The molecule has 2 aromatic carbocycles. The number of hydrogen-bond donors (Lipinski definition) is 0. The zero-order chi connectivity index (χ0) is 21.8. The largest absolute Gasteiger partial charge is 0.494 e. The molecule has 1 aliphatic carbocycles. The second-order valence-electron chi connectivity index (χ2n) is 9.25. The molecule has 2 fully saturated rings. The van der Waals surface area contributed by atoms with E-state index in [4.69, 9.17) is 9.47 Å². The van der Waals surface area contributed by atoms with Crippen LogP contribution in [0.5, 0.6) is 5.75 Å². The first-order valence-corrected chi connectivity index (χ1v) is 11.8. The minimum Gasteiger partial charge on any atom is -0.494 e. The highest BCUT2D eigenvalue weighted by atomic mass is 19.2. The second kappa shape index (κ2) is 10.1. The monoisotopic (exact) mass is 428 g/mol. The van der Waals surface area contributed by atoms with Crippen molar-refractivity contribution in [3.8, 4) is 5.75 Å². The van der Waals surface area contributed by atoms with E-state index in [0.717, 1.165) is 18.8 Å². The summed E-state index contributed by atoms with van der Waals surface area (Å²) < 4.78 is 39.5. The van der Waals surface area contributed by atoms with Crippen molar-refractivity contribution in [1.29, 1.82) is 0 Å². The van der Waals surface area contributed by atoms with E-state index in [0.29, 0.717) is 18.1 Å². The summed E-state index contributed by atoms with van der Waals surface area (Å²) >= 11 is 0. The summed E-state index contributed by atoms with van der Waals surface area (Å²) in [6, 6.07) is 12.1. The minimum atomic E-state index is -0.915. The van der Waals surface area contributed by atoms with Crippen molar-refractivity contribution in [3.63, 3.8) is 0 Å². The molecule has 2 unspecified atom stereocenters. The van der Waals surface area contributed by atoms with Gasteiger partial charge in [0.05, 0.1) is 19.8 Å². The molecule has 0 amide bonds. The van der Waals surface area contributed by atoms with Crippen LogP contribution in [0.25, 0.3) is 0 Å². The van der Waals surface area contributed by atoms with Gasteiger partial charge in [0.25, 0.3) is 0 Å². The van der Waals surface area contributed by atoms with Crippen LogP contribution in [0.4, 0.5) is 8.78 Å². The predicted octanol–water partition coefficient (Wildman–Crippen LogP) is 7.68. The highest BCUT2D eigenvalue weighted by Gasteiger charge is 2.28. The number of rotatable bonds is 6. The van der Waals surface area contributed by atoms with Crippen LogP contribution in [-0.4, -0.2) is 13.7 Å². The summed E-state index contributed by atoms with van der Waals surface area (Å²) in [5.41, 5.74) is 3.01. The van der Waals surface area contributed by atoms with Crippen molar-refractivity contribution < 1.29 is 18.3 Å². The summed E-state index contributed by atoms with van der Waals surface area (Å²) in [6.45, 7) is 2.68. The van der Waals surface area contributed by atoms with E-state index >= 15 is 0 Å². The van der Waals surface area contributed by atoms with Gasteiger partial charge in [0, 0.05) is 5.92 Å². The molecule has 0 N–H and O–H groups in total. The lowest BCUT2D eigenvalue weighted by molar-refractivity contribution is 0.00160. The molecule has 1 saturated carbocycles. The number of ether oxygens (including phenoxy) is 2. The Morgan fingerprint density at radius 2 is 1.52 bits per heavy atom. The Labute approximate surface area is 185 Å². The molecule has 4 rings (SSSR count). The van der Waals surface area contributed by atoms with Crippen molar-refractivity contribution in [2.24, 2.45) is 5.92 Å². The van der Waals surface area contributed by atoms with E-state index in [1.54, 1.807) is 6.07 Å². The molecule has 2 aromatic rings. The third-order valence-corrected chi connectivity index (χ3v) is 7.34. The minimum absolute atomic E-state index is 0.0248. The Kier molecular flexibility index (Phi) is 7.27. The molecule has 4 heteroatoms. The Bertz CT molecular complexity index is 848. The van der Waals surface area contributed by atoms with Gasteiger partial charge >= 0.3 is 0 Å². The maximum absolute atomic E-state index is 14.4. The van der Waals surface area contributed by atoms with Gasteiger partial charge in [0.2, 0.25) is 5.82 Å². The van der Waals surface area contributed by atoms with Crippen LogP contribution in [0, 0.1) is 17.6 Å². The normalized spacial score (nSPS) is 26.6. The summed E-state index contributed by atoms with van der Waals surface area (Å²) in [5, 5.41) is 0. The molecule has 1 saturated heterocycles. The average Bonchev–Trinajstić information content (AvgIpc) is 2.82. The number of benzene rings is 2. The lowest BCUT2D eigenvalue weighted by atomic mass is 9.77. The van der Waals surface area contributed by atoms with E-state index in [-0.39, 0.29) is 17.8 Å². The van der Waals surface area contributed by atoms with E-state index in [9.17, 15) is 8.78 Å². The summed E-state index contributed by atoms with van der Waals surface area (Å²) in [4.78, 5) is 0. The molecule has 1 heterocycles. The van der Waals surface area contributed by atoms with Crippen LogP contribution in [-0.2, 0) is 4.74 Å². The van der Waals surface area contributed by atoms with Crippen LogP contribution < -0.4 is 4.74 Å². The highest BCUT2D eigenvalue weighted by molar-refractivity contribution is 5.34. The number of hydrogen-bond acceptors (Lipinski definition) is 2. The smallest absolute Gasteiger partial charge is 0.200 e. The maximum Gasteiger partial charge on any atom is 0.200 e. The zero-order valence-corrected chi connectivity index (χ0v) is 18.7. The van der Waals surface area contributed by atoms with Gasteiger partial charge in [-0.1, -0.05) is 50.1 Å². The Balaban J connectivity index is 1.34. The number of halogens is 2. The molecule has 0 spiro atoms. The van der Waals surface area contributed by atoms with Gasteiger partial charge in [-0.2, -0.15) is 4.39 Å². The van der Waals surface area contributed by atoms with Crippen LogP contribution >= 0.6 is 0 Å². The first-order chi connectivity index (χ1) is 15.1. The molecule has 31 heavy (non-hydrogen) atoms. The Morgan fingerprint density at radius 3 is 2.13 bits per heavy atom. The van der Waals surface area contributed by atoms with Gasteiger partial charge in [-0.3, -0.25) is 0 Å². The molecule has 2 nitrogen and oxygen atoms in total. The van der Waals surface area contributed by atoms with Crippen molar-refractivity contribution in [3.05, 3.63) is 64.7 Å². The van der Waals surface area contributed by atoms with Crippen LogP contribution in [0.3, 0.4) is 0 Å². The van der Waals surface area contributed by atoms with Gasteiger partial charge in [0.1, 0.15) is 0 Å². The van der Waals surface area contributed by atoms with Gasteiger partial charge in [0.15, 0.2) is 11.6 Å². The van der Waals surface area contributed by atoms with Gasteiger partial charge < -0.3 is 9.47 Å². The second-order valence-corrected chi connectivity index (χ2v) is 9.25. The van der Waals surface area contributed by atoms with Gasteiger partial charge in [-0.15, -0.1) is 0 Å². The Morgan fingerprint density at radius 1 is 0.839 bits per heavy atom. The van der Waals surface area contributed by atoms with Crippen LogP contribution in [0.2, 0.25) is 0 Å². The van der Waals surface area contributed by atoms with Gasteiger partial charge in [-0.05, 0) is 73.1 Å². The first kappa shape index (κ1) is 22.3. The fourth-order valence-electron chi connectivity index (χ4n) is 5.45. The molecular formula is C27H34F2O2. The SMILES string of the molecule is CCCC1CCC(c2ccc(C3CCC(c4ccc(OC)c(F)c4F)CO3)cc2)CC1. The van der Waals surface area contributed by atoms with Crippen molar-refractivity contribution in [2.45, 2.75) is 76.2 Å². The van der Waals surface area contributed by atoms with Crippen molar-refractivity contribution in [2.75, 3.05) is 13.7 Å². The maximum atomic E-state index is 14.4. The molecule has 0 aromatic heterocycles. The van der Waals surface area contributed by atoms with E-state index in [1.165, 1.54) is 62.8 Å². The number of methoxy groups -OCH3 is 1. The molecule has 1 aliphatic heterocycles. The van der Waals surface area contributed by atoms with E-state index in [2.05, 4.69) is 31.2 Å². The lowest BCUT2D eigenvalue weighted by Gasteiger charge is -2.31. The fraction of sp³-hybridized carbons (Fsp3) is 0.556. The molecule has 168 valence electrons. The molecule has 0 radical (unpaired) electrons. The third kappa shape index (κ3) is 4.95. The Hall–Kier alpha value is -1.94. The van der Waals surface area contributed by atoms with Crippen molar-refractivity contribution in [1.82, 2.24) is 0 Å². The quantitative estimate of drug-likeness (QED) is 0.470. The lowest BCUT2D eigenvalue weighted by Crippen LogP contribution is -2.20. The van der Waals surface area contributed by atoms with E-state index in [1.807, 2.05) is 0 Å². The first-order valence-electron chi connectivity index (χ1n) is 11.8.